The zero-order chi connectivity index (χ0) is 7.94. The Balaban J connectivity index is 1.96. The maximum absolute atomic E-state index is 5.02. The van der Waals surface area contributed by atoms with Crippen LogP contribution in [0.3, 0.4) is 0 Å². The monoisotopic (exact) mass is 157 g/mol. The maximum atomic E-state index is 5.02. The van der Waals surface area contributed by atoms with Gasteiger partial charge in [-0.25, -0.2) is 0 Å². The van der Waals surface area contributed by atoms with Crippen LogP contribution in [-0.4, -0.2) is 26.8 Å². The quantitative estimate of drug-likeness (QED) is 0.623. The predicted molar refractivity (Wildman–Crippen MR) is 46.7 cm³/mol. The number of hydrogen-bond acceptors (Lipinski definition) is 2. The number of nitrogens with one attached hydrogen (secondary N) is 1. The molecule has 0 aromatic rings. The molecule has 11 heavy (non-hydrogen) atoms. The highest BCUT2D eigenvalue weighted by Gasteiger charge is 2.11. The van der Waals surface area contributed by atoms with Crippen LogP contribution in [0.5, 0.6) is 0 Å². The Morgan fingerprint density at radius 3 is 2.73 bits per heavy atom. The minimum Gasteiger partial charge on any atom is -0.385 e. The van der Waals surface area contributed by atoms with Crippen LogP contribution in [0.25, 0.3) is 0 Å². The topological polar surface area (TPSA) is 21.3 Å². The molecule has 0 spiro atoms. The summed E-state index contributed by atoms with van der Waals surface area (Å²) in [6, 6.07) is 0. The lowest BCUT2D eigenvalue weighted by atomic mass is 9.93. The van der Waals surface area contributed by atoms with Crippen molar-refractivity contribution in [3.8, 4) is 0 Å². The van der Waals surface area contributed by atoms with Gasteiger partial charge in [-0.3, -0.25) is 0 Å². The summed E-state index contributed by atoms with van der Waals surface area (Å²) in [5.41, 5.74) is 0. The molecule has 0 aromatic heterocycles. The Labute approximate surface area is 69.3 Å². The van der Waals surface area contributed by atoms with Crippen LogP contribution in [0.2, 0.25) is 0 Å². The fourth-order valence-electron chi connectivity index (χ4n) is 1.69. The van der Waals surface area contributed by atoms with Crippen molar-refractivity contribution in [2.75, 3.05) is 26.8 Å². The standard InChI is InChI=1S/C9H19NO/c1-11-8-2-3-9-4-6-10-7-5-9/h9-10H,2-8H2,1H3. The van der Waals surface area contributed by atoms with Crippen molar-refractivity contribution in [2.45, 2.75) is 25.7 Å². The minimum absolute atomic E-state index is 0.934. The van der Waals surface area contributed by atoms with Crippen LogP contribution in [0.1, 0.15) is 25.7 Å². The van der Waals surface area contributed by atoms with Gasteiger partial charge in [-0.05, 0) is 44.7 Å². The first-order valence-electron chi connectivity index (χ1n) is 4.63. The first kappa shape index (κ1) is 9.01. The second-order valence-electron chi connectivity index (χ2n) is 3.33. The summed E-state index contributed by atoms with van der Waals surface area (Å²) >= 11 is 0. The molecule has 1 rings (SSSR count). The van der Waals surface area contributed by atoms with Gasteiger partial charge in [0.05, 0.1) is 0 Å². The van der Waals surface area contributed by atoms with Gasteiger partial charge in [-0.1, -0.05) is 0 Å². The predicted octanol–water partition coefficient (Wildman–Crippen LogP) is 1.41. The number of piperidine rings is 1. The molecule has 0 radical (unpaired) electrons. The molecule has 0 atom stereocenters. The highest BCUT2D eigenvalue weighted by Crippen LogP contribution is 2.17. The molecule has 2 nitrogen and oxygen atoms in total. The van der Waals surface area contributed by atoms with Crippen LogP contribution >= 0.6 is 0 Å². The summed E-state index contributed by atoms with van der Waals surface area (Å²) in [5.74, 6) is 0.964. The molecule has 1 aliphatic heterocycles. The molecular formula is C9H19NO. The Kier molecular flexibility index (Phi) is 4.55. The second-order valence-corrected chi connectivity index (χ2v) is 3.33. The van der Waals surface area contributed by atoms with Crippen molar-refractivity contribution >= 4 is 0 Å². The molecule has 1 aliphatic rings. The molecule has 1 fully saturated rings. The molecule has 1 heterocycles. The molecule has 0 saturated carbocycles. The Morgan fingerprint density at radius 2 is 2.09 bits per heavy atom. The van der Waals surface area contributed by atoms with E-state index in [1.807, 2.05) is 0 Å². The lowest BCUT2D eigenvalue weighted by Crippen LogP contribution is -2.27. The van der Waals surface area contributed by atoms with E-state index in [4.69, 9.17) is 4.74 Å². The molecule has 0 unspecified atom stereocenters. The molecule has 66 valence electrons. The van der Waals surface area contributed by atoms with Crippen molar-refractivity contribution in [3.05, 3.63) is 0 Å². The number of methoxy groups -OCH3 is 1. The van der Waals surface area contributed by atoms with Crippen LogP contribution in [0, 0.1) is 5.92 Å². The summed E-state index contributed by atoms with van der Waals surface area (Å²) in [6.45, 7) is 3.37. The maximum Gasteiger partial charge on any atom is 0.0462 e. The molecule has 0 bridgehead atoms. The average Bonchev–Trinajstić information content (AvgIpc) is 2.07. The van der Waals surface area contributed by atoms with Gasteiger partial charge in [-0.15, -0.1) is 0 Å². The Bertz CT molecular complexity index is 89.6. The summed E-state index contributed by atoms with van der Waals surface area (Å²) in [6.07, 6.45) is 5.32. The second kappa shape index (κ2) is 5.56. The Hall–Kier alpha value is -0.0800. The summed E-state index contributed by atoms with van der Waals surface area (Å²) < 4.78 is 5.02. The van der Waals surface area contributed by atoms with Gasteiger partial charge in [0, 0.05) is 13.7 Å². The zero-order valence-electron chi connectivity index (χ0n) is 7.44. The van der Waals surface area contributed by atoms with Gasteiger partial charge >= 0.3 is 0 Å². The van der Waals surface area contributed by atoms with Gasteiger partial charge in [0.2, 0.25) is 0 Å². The first-order chi connectivity index (χ1) is 5.43. The van der Waals surface area contributed by atoms with Crippen molar-refractivity contribution in [1.82, 2.24) is 5.32 Å². The van der Waals surface area contributed by atoms with Gasteiger partial charge in [0.25, 0.3) is 0 Å². The number of hydrogen-bond donors (Lipinski definition) is 1. The third kappa shape index (κ3) is 3.73. The van der Waals surface area contributed by atoms with E-state index in [0.717, 1.165) is 12.5 Å². The van der Waals surface area contributed by atoms with E-state index in [1.165, 1.54) is 38.8 Å². The molecule has 0 amide bonds. The first-order valence-corrected chi connectivity index (χ1v) is 4.63. The summed E-state index contributed by atoms with van der Waals surface area (Å²) in [4.78, 5) is 0. The fraction of sp³-hybridized carbons (Fsp3) is 1.00. The van der Waals surface area contributed by atoms with E-state index in [1.54, 1.807) is 7.11 Å². The SMILES string of the molecule is COCCCC1CCNCC1. The van der Waals surface area contributed by atoms with Gasteiger partial charge in [0.15, 0.2) is 0 Å². The highest BCUT2D eigenvalue weighted by molar-refractivity contribution is 4.67. The van der Waals surface area contributed by atoms with E-state index in [-0.39, 0.29) is 0 Å². The van der Waals surface area contributed by atoms with E-state index in [0.29, 0.717) is 0 Å². The van der Waals surface area contributed by atoms with E-state index in [9.17, 15) is 0 Å². The molecule has 2 heteroatoms. The van der Waals surface area contributed by atoms with E-state index < -0.39 is 0 Å². The molecular weight excluding hydrogens is 138 g/mol. The highest BCUT2D eigenvalue weighted by atomic mass is 16.5. The normalized spacial score (nSPS) is 20.5. The van der Waals surface area contributed by atoms with Crippen LogP contribution in [0.4, 0.5) is 0 Å². The van der Waals surface area contributed by atoms with Crippen molar-refractivity contribution < 1.29 is 4.74 Å². The summed E-state index contributed by atoms with van der Waals surface area (Å²) in [5, 5.41) is 3.37. The molecule has 1 N–H and O–H groups in total. The Morgan fingerprint density at radius 1 is 1.36 bits per heavy atom. The smallest absolute Gasteiger partial charge is 0.0462 e. The number of rotatable bonds is 4. The summed E-state index contributed by atoms with van der Waals surface area (Å²) in [7, 11) is 1.78. The fourth-order valence-corrected chi connectivity index (χ4v) is 1.69. The van der Waals surface area contributed by atoms with Crippen LogP contribution in [-0.2, 0) is 4.74 Å². The van der Waals surface area contributed by atoms with Crippen molar-refractivity contribution in [1.29, 1.82) is 0 Å². The van der Waals surface area contributed by atoms with Gasteiger partial charge in [-0.2, -0.15) is 0 Å². The van der Waals surface area contributed by atoms with Gasteiger partial charge < -0.3 is 10.1 Å². The minimum atomic E-state index is 0.934. The van der Waals surface area contributed by atoms with Crippen molar-refractivity contribution in [3.63, 3.8) is 0 Å². The average molecular weight is 157 g/mol. The van der Waals surface area contributed by atoms with E-state index >= 15 is 0 Å². The van der Waals surface area contributed by atoms with Crippen molar-refractivity contribution in [2.24, 2.45) is 5.92 Å². The van der Waals surface area contributed by atoms with E-state index in [2.05, 4.69) is 5.32 Å². The largest absolute Gasteiger partial charge is 0.385 e. The van der Waals surface area contributed by atoms with Crippen LogP contribution < -0.4 is 5.32 Å². The number of ether oxygens (including phenoxy) is 1. The third-order valence-electron chi connectivity index (χ3n) is 2.42. The van der Waals surface area contributed by atoms with Crippen LogP contribution in [0.15, 0.2) is 0 Å². The molecule has 1 saturated heterocycles. The molecule has 0 aromatic carbocycles. The third-order valence-corrected chi connectivity index (χ3v) is 2.42. The zero-order valence-corrected chi connectivity index (χ0v) is 7.44. The molecule has 0 aliphatic carbocycles. The lowest BCUT2D eigenvalue weighted by molar-refractivity contribution is 0.182. The lowest BCUT2D eigenvalue weighted by Gasteiger charge is -2.22. The van der Waals surface area contributed by atoms with Gasteiger partial charge in [0.1, 0.15) is 0 Å².